The molecule has 0 aliphatic heterocycles. The summed E-state index contributed by atoms with van der Waals surface area (Å²) >= 11 is 0. The zero-order chi connectivity index (χ0) is 12.6. The third-order valence-corrected chi connectivity index (χ3v) is 2.17. The Morgan fingerprint density at radius 1 is 1.44 bits per heavy atom. The molecular formula is C10H20N2O4. The van der Waals surface area contributed by atoms with Crippen LogP contribution in [0, 0.1) is 0 Å². The van der Waals surface area contributed by atoms with Crippen LogP contribution in [-0.4, -0.2) is 53.4 Å². The van der Waals surface area contributed by atoms with Gasteiger partial charge in [0.25, 0.3) is 0 Å². The van der Waals surface area contributed by atoms with Gasteiger partial charge in [-0.1, -0.05) is 13.3 Å². The number of carbonyl (C=O) groups is 2. The van der Waals surface area contributed by atoms with Crippen LogP contribution in [0.5, 0.6) is 0 Å². The van der Waals surface area contributed by atoms with Crippen molar-refractivity contribution in [3.63, 3.8) is 0 Å². The van der Waals surface area contributed by atoms with Crippen LogP contribution in [0.3, 0.4) is 0 Å². The number of nitrogens with zero attached hydrogens (tertiary/aromatic N) is 1. The van der Waals surface area contributed by atoms with Crippen molar-refractivity contribution < 1.29 is 19.8 Å². The number of hydrogen-bond acceptors (Lipinski definition) is 3. The highest BCUT2D eigenvalue weighted by molar-refractivity contribution is 5.75. The number of hydrogen-bond donors (Lipinski definition) is 3. The van der Waals surface area contributed by atoms with Crippen molar-refractivity contribution in [1.82, 2.24) is 10.2 Å². The molecule has 0 aromatic carbocycles. The van der Waals surface area contributed by atoms with E-state index in [1.54, 1.807) is 7.05 Å². The first-order valence-electron chi connectivity index (χ1n) is 5.35. The van der Waals surface area contributed by atoms with Gasteiger partial charge in [0.05, 0.1) is 13.0 Å². The zero-order valence-corrected chi connectivity index (χ0v) is 9.77. The van der Waals surface area contributed by atoms with Crippen LogP contribution >= 0.6 is 0 Å². The molecule has 6 heteroatoms. The first-order chi connectivity index (χ1) is 7.51. The number of urea groups is 1. The number of carboxylic acids is 1. The van der Waals surface area contributed by atoms with Crippen molar-refractivity contribution >= 4 is 12.0 Å². The van der Waals surface area contributed by atoms with Gasteiger partial charge >= 0.3 is 12.0 Å². The number of carbonyl (C=O) groups excluding carboxylic acids is 1. The van der Waals surface area contributed by atoms with Crippen LogP contribution in [-0.2, 0) is 4.79 Å². The molecule has 1 unspecified atom stereocenters. The van der Waals surface area contributed by atoms with Gasteiger partial charge in [-0.2, -0.15) is 0 Å². The molecule has 1 atom stereocenters. The Bertz CT molecular complexity index is 233. The third-order valence-electron chi connectivity index (χ3n) is 2.17. The minimum Gasteiger partial charge on any atom is -0.481 e. The number of aliphatic hydroxyl groups is 1. The van der Waals surface area contributed by atoms with E-state index in [0.717, 1.165) is 6.42 Å². The van der Waals surface area contributed by atoms with Crippen molar-refractivity contribution in [2.45, 2.75) is 32.2 Å². The van der Waals surface area contributed by atoms with Crippen LogP contribution in [0.4, 0.5) is 4.79 Å². The molecule has 0 saturated carbocycles. The van der Waals surface area contributed by atoms with Crippen LogP contribution in [0.1, 0.15) is 26.2 Å². The summed E-state index contributed by atoms with van der Waals surface area (Å²) in [5.74, 6) is -0.927. The summed E-state index contributed by atoms with van der Waals surface area (Å²) < 4.78 is 0. The SMILES string of the molecule is CCCC(CC(=O)O)NC(=O)N(C)CCO. The van der Waals surface area contributed by atoms with Crippen LogP contribution in [0.25, 0.3) is 0 Å². The number of likely N-dealkylation sites (N-methyl/N-ethyl adjacent to an activating group) is 1. The summed E-state index contributed by atoms with van der Waals surface area (Å²) in [4.78, 5) is 23.4. The normalized spacial score (nSPS) is 11.9. The zero-order valence-electron chi connectivity index (χ0n) is 9.77. The predicted octanol–water partition coefficient (Wildman–Crippen LogP) is 0.263. The first kappa shape index (κ1) is 14.7. The van der Waals surface area contributed by atoms with Gasteiger partial charge in [0.15, 0.2) is 0 Å². The van der Waals surface area contributed by atoms with Gasteiger partial charge in [-0.25, -0.2) is 4.79 Å². The quantitative estimate of drug-likeness (QED) is 0.587. The van der Waals surface area contributed by atoms with E-state index in [9.17, 15) is 9.59 Å². The van der Waals surface area contributed by atoms with Crippen LogP contribution in [0.15, 0.2) is 0 Å². The molecule has 0 heterocycles. The molecule has 0 fully saturated rings. The van der Waals surface area contributed by atoms with Gasteiger partial charge in [-0.05, 0) is 6.42 Å². The monoisotopic (exact) mass is 232 g/mol. The van der Waals surface area contributed by atoms with Gasteiger partial charge in [0.1, 0.15) is 0 Å². The lowest BCUT2D eigenvalue weighted by Gasteiger charge is -2.21. The average Bonchev–Trinajstić information content (AvgIpc) is 2.17. The molecule has 0 aliphatic rings. The molecule has 0 saturated heterocycles. The second-order valence-corrected chi connectivity index (χ2v) is 3.68. The summed E-state index contributed by atoms with van der Waals surface area (Å²) in [5.41, 5.74) is 0. The molecule has 16 heavy (non-hydrogen) atoms. The highest BCUT2D eigenvalue weighted by Gasteiger charge is 2.16. The molecule has 0 aromatic rings. The minimum atomic E-state index is -0.927. The van der Waals surface area contributed by atoms with Crippen LogP contribution < -0.4 is 5.32 Å². The molecule has 2 amide bonds. The summed E-state index contributed by atoms with van der Waals surface area (Å²) in [5, 5.41) is 19.9. The average molecular weight is 232 g/mol. The molecule has 0 aliphatic carbocycles. The second kappa shape index (κ2) is 7.92. The van der Waals surface area contributed by atoms with E-state index >= 15 is 0 Å². The van der Waals surface area contributed by atoms with E-state index in [1.165, 1.54) is 4.90 Å². The molecule has 0 radical (unpaired) electrons. The van der Waals surface area contributed by atoms with Crippen molar-refractivity contribution in [2.75, 3.05) is 20.2 Å². The Balaban J connectivity index is 4.16. The topological polar surface area (TPSA) is 89.9 Å². The highest BCUT2D eigenvalue weighted by atomic mass is 16.4. The fourth-order valence-corrected chi connectivity index (χ4v) is 1.32. The number of carboxylic acid groups (broad SMARTS) is 1. The van der Waals surface area contributed by atoms with E-state index < -0.39 is 5.97 Å². The lowest BCUT2D eigenvalue weighted by Crippen LogP contribution is -2.44. The molecular weight excluding hydrogens is 212 g/mol. The smallest absolute Gasteiger partial charge is 0.317 e. The van der Waals surface area contributed by atoms with Gasteiger partial charge < -0.3 is 20.4 Å². The van der Waals surface area contributed by atoms with Gasteiger partial charge in [-0.15, -0.1) is 0 Å². The molecule has 0 spiro atoms. The largest absolute Gasteiger partial charge is 0.481 e. The first-order valence-corrected chi connectivity index (χ1v) is 5.35. The van der Waals surface area contributed by atoms with Gasteiger partial charge in [-0.3, -0.25) is 4.79 Å². The third kappa shape index (κ3) is 6.23. The maximum atomic E-state index is 11.5. The number of aliphatic hydroxyl groups excluding tert-OH is 1. The van der Waals surface area contributed by atoms with E-state index in [4.69, 9.17) is 10.2 Å². The number of aliphatic carboxylic acids is 1. The number of rotatable bonds is 7. The van der Waals surface area contributed by atoms with Gasteiger partial charge in [0, 0.05) is 19.6 Å². The van der Waals surface area contributed by atoms with Crippen molar-refractivity contribution in [3.8, 4) is 0 Å². The Morgan fingerprint density at radius 3 is 2.50 bits per heavy atom. The van der Waals surface area contributed by atoms with E-state index in [2.05, 4.69) is 5.32 Å². The fourth-order valence-electron chi connectivity index (χ4n) is 1.32. The lowest BCUT2D eigenvalue weighted by molar-refractivity contribution is -0.137. The molecule has 6 nitrogen and oxygen atoms in total. The van der Waals surface area contributed by atoms with Crippen molar-refractivity contribution in [1.29, 1.82) is 0 Å². The second-order valence-electron chi connectivity index (χ2n) is 3.68. The summed E-state index contributed by atoms with van der Waals surface area (Å²) in [6, 6.07) is -0.704. The summed E-state index contributed by atoms with van der Waals surface area (Å²) in [6.07, 6.45) is 1.36. The summed E-state index contributed by atoms with van der Waals surface area (Å²) in [6.45, 7) is 2.05. The van der Waals surface area contributed by atoms with E-state index in [0.29, 0.717) is 6.42 Å². The highest BCUT2D eigenvalue weighted by Crippen LogP contribution is 2.02. The Kier molecular flexibility index (Phi) is 7.28. The maximum absolute atomic E-state index is 11.5. The van der Waals surface area contributed by atoms with Crippen molar-refractivity contribution in [2.24, 2.45) is 0 Å². The van der Waals surface area contributed by atoms with Crippen molar-refractivity contribution in [3.05, 3.63) is 0 Å². The minimum absolute atomic E-state index is 0.0768. The molecule has 94 valence electrons. The van der Waals surface area contributed by atoms with E-state index in [-0.39, 0.29) is 31.6 Å². The van der Waals surface area contributed by atoms with E-state index in [1.807, 2.05) is 6.92 Å². The van der Waals surface area contributed by atoms with Crippen LogP contribution in [0.2, 0.25) is 0 Å². The Labute approximate surface area is 95.2 Å². The number of nitrogens with one attached hydrogen (secondary N) is 1. The Hall–Kier alpha value is -1.30. The number of amides is 2. The lowest BCUT2D eigenvalue weighted by atomic mass is 10.1. The standard InChI is InChI=1S/C10H20N2O4/c1-3-4-8(7-9(14)15)11-10(16)12(2)5-6-13/h8,13H,3-7H2,1-2H3,(H,11,16)(H,14,15). The predicted molar refractivity (Wildman–Crippen MR) is 59.2 cm³/mol. The maximum Gasteiger partial charge on any atom is 0.317 e. The molecule has 0 rings (SSSR count). The molecule has 0 aromatic heterocycles. The Morgan fingerprint density at radius 2 is 2.06 bits per heavy atom. The molecule has 3 N–H and O–H groups in total. The fraction of sp³-hybridized carbons (Fsp3) is 0.800. The van der Waals surface area contributed by atoms with Gasteiger partial charge in [0.2, 0.25) is 0 Å². The summed E-state index contributed by atoms with van der Waals surface area (Å²) in [7, 11) is 1.55. The molecule has 0 bridgehead atoms.